The van der Waals surface area contributed by atoms with E-state index in [1.54, 1.807) is 0 Å². The summed E-state index contributed by atoms with van der Waals surface area (Å²) < 4.78 is 10.7. The van der Waals surface area contributed by atoms with Crippen LogP contribution in [0.4, 0.5) is 0 Å². The average Bonchev–Trinajstić information content (AvgIpc) is 3.38. The molecule has 422 valence electrons. The minimum atomic E-state index is -0.773. The van der Waals surface area contributed by atoms with Crippen LogP contribution in [0.3, 0.4) is 0 Å². The summed E-state index contributed by atoms with van der Waals surface area (Å²) >= 11 is 0. The fraction of sp³-hybridized carbons (Fsp3) is 0.851. The van der Waals surface area contributed by atoms with Gasteiger partial charge in [-0.05, 0) is 77.0 Å². The van der Waals surface area contributed by atoms with E-state index in [4.69, 9.17) is 9.47 Å². The third kappa shape index (κ3) is 60.4. The second-order valence-electron chi connectivity index (χ2n) is 21.8. The van der Waals surface area contributed by atoms with Gasteiger partial charge in [0.15, 0.2) is 6.10 Å². The van der Waals surface area contributed by atoms with Crippen molar-refractivity contribution < 1.29 is 24.2 Å². The molecule has 0 aliphatic carbocycles. The van der Waals surface area contributed by atoms with Gasteiger partial charge in [-0.3, -0.25) is 9.59 Å². The van der Waals surface area contributed by atoms with Gasteiger partial charge in [0.2, 0.25) is 0 Å². The van der Waals surface area contributed by atoms with Gasteiger partial charge in [0, 0.05) is 12.8 Å². The monoisotopic (exact) mass is 1010 g/mol. The maximum Gasteiger partial charge on any atom is 0.306 e. The Morgan fingerprint density at radius 2 is 0.556 bits per heavy atom. The highest BCUT2D eigenvalue weighted by Crippen LogP contribution is 2.18. The first-order valence-corrected chi connectivity index (χ1v) is 32.2. The molecular formula is C67H124O5. The number of carbonyl (C=O) groups is 2. The fourth-order valence-corrected chi connectivity index (χ4v) is 9.74. The highest BCUT2D eigenvalue weighted by Gasteiger charge is 2.16. The first kappa shape index (κ1) is 69.9. The zero-order chi connectivity index (χ0) is 52.0. The third-order valence-corrected chi connectivity index (χ3v) is 14.6. The highest BCUT2D eigenvalue weighted by molar-refractivity contribution is 5.70. The number of aliphatic hydroxyl groups is 1. The van der Waals surface area contributed by atoms with Gasteiger partial charge in [0.25, 0.3) is 0 Å². The molecule has 1 unspecified atom stereocenters. The average molecular weight is 1010 g/mol. The lowest BCUT2D eigenvalue weighted by Crippen LogP contribution is -2.28. The van der Waals surface area contributed by atoms with Crippen LogP contribution in [-0.4, -0.2) is 36.4 Å². The molecule has 0 radical (unpaired) electrons. The van der Waals surface area contributed by atoms with Crippen LogP contribution in [0.2, 0.25) is 0 Å². The number of rotatable bonds is 60. The first-order valence-electron chi connectivity index (χ1n) is 32.2. The molecule has 1 atom stereocenters. The molecule has 0 rings (SSSR count). The van der Waals surface area contributed by atoms with Gasteiger partial charge in [0.05, 0.1) is 6.61 Å². The largest absolute Gasteiger partial charge is 0.462 e. The Hall–Kier alpha value is -2.14. The molecule has 5 heteroatoms. The Balaban J connectivity index is 3.43. The number of allylic oxidation sites excluding steroid dienone is 8. The normalized spacial score (nSPS) is 12.4. The van der Waals surface area contributed by atoms with Crippen molar-refractivity contribution in [3.63, 3.8) is 0 Å². The number of ether oxygens (including phenoxy) is 2. The van der Waals surface area contributed by atoms with E-state index in [1.165, 1.54) is 270 Å². The molecule has 0 aromatic carbocycles. The first-order chi connectivity index (χ1) is 35.6. The summed E-state index contributed by atoms with van der Waals surface area (Å²) in [6.45, 7) is 4.17. The zero-order valence-corrected chi connectivity index (χ0v) is 48.5. The summed E-state index contributed by atoms with van der Waals surface area (Å²) in [4.78, 5) is 24.6. The van der Waals surface area contributed by atoms with Gasteiger partial charge in [-0.2, -0.15) is 0 Å². The van der Waals surface area contributed by atoms with Crippen LogP contribution >= 0.6 is 0 Å². The van der Waals surface area contributed by atoms with Gasteiger partial charge in [0.1, 0.15) is 6.61 Å². The predicted octanol–water partition coefficient (Wildman–Crippen LogP) is 22.0. The molecule has 72 heavy (non-hydrogen) atoms. The van der Waals surface area contributed by atoms with Gasteiger partial charge in [-0.1, -0.05) is 306 Å². The van der Waals surface area contributed by atoms with E-state index in [9.17, 15) is 14.7 Å². The number of aliphatic hydroxyl groups excluding tert-OH is 1. The molecular weight excluding hydrogens is 885 g/mol. The molecule has 0 saturated heterocycles. The van der Waals surface area contributed by atoms with Crippen molar-refractivity contribution in [2.45, 2.75) is 354 Å². The molecule has 0 aliphatic heterocycles. The summed E-state index contributed by atoms with van der Waals surface area (Å²) in [5, 5.41) is 9.68. The lowest BCUT2D eigenvalue weighted by molar-refractivity contribution is -0.161. The minimum absolute atomic E-state index is 0.0630. The van der Waals surface area contributed by atoms with Gasteiger partial charge < -0.3 is 14.6 Å². The van der Waals surface area contributed by atoms with Crippen LogP contribution in [0, 0.1) is 0 Å². The Morgan fingerprint density at radius 3 is 0.847 bits per heavy atom. The third-order valence-electron chi connectivity index (χ3n) is 14.6. The van der Waals surface area contributed by atoms with Gasteiger partial charge >= 0.3 is 11.9 Å². The van der Waals surface area contributed by atoms with Crippen molar-refractivity contribution >= 4 is 11.9 Å². The molecule has 0 aromatic rings. The summed E-state index contributed by atoms with van der Waals surface area (Å²) in [5.41, 5.74) is 0. The number of carbonyl (C=O) groups excluding carboxylic acids is 2. The smallest absolute Gasteiger partial charge is 0.306 e. The van der Waals surface area contributed by atoms with Crippen LogP contribution in [0.25, 0.3) is 0 Å². The van der Waals surface area contributed by atoms with E-state index < -0.39 is 6.10 Å². The number of esters is 2. The zero-order valence-electron chi connectivity index (χ0n) is 48.5. The molecule has 0 spiro atoms. The standard InChI is InChI=1S/C67H124O5/c1-3-5-7-9-11-13-15-17-19-21-23-25-27-29-31-32-33-34-36-37-39-41-43-45-47-49-51-53-55-57-59-61-66(69)71-64-65(63-68)72-67(70)62-60-58-56-54-52-50-48-46-44-42-40-38-35-30-28-26-24-22-20-18-16-14-12-10-8-6-4-2/h16,18,21-24,28,30,65,68H,3-15,17,19-20,25-27,29,31-64H2,1-2H3/b18-16-,23-21-,24-22-,30-28-. The Kier molecular flexibility index (Phi) is 61.3. The van der Waals surface area contributed by atoms with Crippen LogP contribution in [0.5, 0.6) is 0 Å². The van der Waals surface area contributed by atoms with E-state index in [2.05, 4.69) is 62.5 Å². The minimum Gasteiger partial charge on any atom is -0.462 e. The van der Waals surface area contributed by atoms with E-state index in [0.717, 1.165) is 51.4 Å². The van der Waals surface area contributed by atoms with Crippen LogP contribution in [0.15, 0.2) is 48.6 Å². The fourth-order valence-electron chi connectivity index (χ4n) is 9.74. The molecule has 0 heterocycles. The van der Waals surface area contributed by atoms with Gasteiger partial charge in [-0.25, -0.2) is 0 Å². The van der Waals surface area contributed by atoms with Crippen molar-refractivity contribution in [2.24, 2.45) is 0 Å². The van der Waals surface area contributed by atoms with E-state index in [0.29, 0.717) is 12.8 Å². The maximum absolute atomic E-state index is 12.3. The summed E-state index contributed by atoms with van der Waals surface area (Å²) in [5.74, 6) is -0.575. The second-order valence-corrected chi connectivity index (χ2v) is 21.8. The van der Waals surface area contributed by atoms with Crippen LogP contribution in [-0.2, 0) is 19.1 Å². The van der Waals surface area contributed by atoms with E-state index in [-0.39, 0.29) is 25.2 Å². The topological polar surface area (TPSA) is 72.8 Å². The number of unbranched alkanes of at least 4 members (excludes halogenated alkanes) is 44. The highest BCUT2D eigenvalue weighted by atomic mass is 16.6. The Labute approximate surface area is 449 Å². The lowest BCUT2D eigenvalue weighted by atomic mass is 10.0. The van der Waals surface area contributed by atoms with E-state index in [1.807, 2.05) is 0 Å². The van der Waals surface area contributed by atoms with Crippen molar-refractivity contribution in [3.8, 4) is 0 Å². The summed E-state index contributed by atoms with van der Waals surface area (Å²) in [6, 6.07) is 0. The SMILES string of the molecule is CCCCCCC/C=C\C/C=C\C/C=C\CCCCCCCCCCCCCCC(=O)OC(CO)COC(=O)CCCCCCCCCCCCCCCCCCCCC/C=C\CCCCCCCCCC. The van der Waals surface area contributed by atoms with Crippen molar-refractivity contribution in [1.29, 1.82) is 0 Å². The summed E-state index contributed by atoms with van der Waals surface area (Å²) in [6.07, 6.45) is 84.0. The van der Waals surface area contributed by atoms with Crippen molar-refractivity contribution in [1.82, 2.24) is 0 Å². The maximum atomic E-state index is 12.3. The van der Waals surface area contributed by atoms with Crippen LogP contribution < -0.4 is 0 Å². The van der Waals surface area contributed by atoms with Crippen LogP contribution in [0.1, 0.15) is 348 Å². The molecule has 5 nitrogen and oxygen atoms in total. The lowest BCUT2D eigenvalue weighted by Gasteiger charge is -2.15. The molecule has 0 bridgehead atoms. The summed E-state index contributed by atoms with van der Waals surface area (Å²) in [7, 11) is 0. The molecule has 0 saturated carbocycles. The molecule has 0 aromatic heterocycles. The number of hydrogen-bond donors (Lipinski definition) is 1. The molecule has 1 N–H and O–H groups in total. The predicted molar refractivity (Wildman–Crippen MR) is 316 cm³/mol. The Bertz CT molecular complexity index is 1190. The van der Waals surface area contributed by atoms with Crippen molar-refractivity contribution in [2.75, 3.05) is 13.2 Å². The second kappa shape index (κ2) is 63.2. The number of hydrogen-bond acceptors (Lipinski definition) is 5. The van der Waals surface area contributed by atoms with Crippen molar-refractivity contribution in [3.05, 3.63) is 48.6 Å². The Morgan fingerprint density at radius 1 is 0.319 bits per heavy atom. The molecule has 0 amide bonds. The molecule has 0 fully saturated rings. The molecule has 0 aliphatic rings. The van der Waals surface area contributed by atoms with Gasteiger partial charge in [-0.15, -0.1) is 0 Å². The quantitative estimate of drug-likeness (QED) is 0.0373. The van der Waals surface area contributed by atoms with E-state index >= 15 is 0 Å².